The number of halogens is 1. The predicted octanol–water partition coefficient (Wildman–Crippen LogP) is 3.52. The summed E-state index contributed by atoms with van der Waals surface area (Å²) < 4.78 is 5.78. The molecule has 0 amide bonds. The Morgan fingerprint density at radius 3 is 2.23 bits per heavy atom. The first kappa shape index (κ1) is 22.3. The number of aromatic nitrogens is 1. The molecule has 0 aliphatic carbocycles. The summed E-state index contributed by atoms with van der Waals surface area (Å²) in [6, 6.07) is 8.43. The molecule has 0 radical (unpaired) electrons. The number of aliphatic imine (C=N–C) groups is 1. The molecule has 26 heavy (non-hydrogen) atoms. The van der Waals surface area contributed by atoms with Crippen LogP contribution in [0.4, 0.5) is 5.69 Å². The molecular formula is C19H30IN5O. The summed E-state index contributed by atoms with van der Waals surface area (Å²) in [5, 5.41) is 6.52. The number of nitrogens with zero attached hydrogens (tertiary/aromatic N) is 3. The molecule has 2 aromatic rings. The van der Waals surface area contributed by atoms with Crippen LogP contribution in [0.5, 0.6) is 0 Å². The Morgan fingerprint density at radius 2 is 1.73 bits per heavy atom. The van der Waals surface area contributed by atoms with E-state index in [1.807, 2.05) is 14.1 Å². The zero-order chi connectivity index (χ0) is 18.4. The summed E-state index contributed by atoms with van der Waals surface area (Å²) in [7, 11) is 5.82. The number of guanidine groups is 1. The lowest BCUT2D eigenvalue weighted by Crippen LogP contribution is -2.36. The molecule has 0 unspecified atom stereocenters. The monoisotopic (exact) mass is 471 g/mol. The van der Waals surface area contributed by atoms with Gasteiger partial charge in [0.2, 0.25) is 5.89 Å². The average molecular weight is 471 g/mol. The number of rotatable bonds is 5. The number of nitrogens with one attached hydrogen (secondary N) is 2. The van der Waals surface area contributed by atoms with Crippen LogP contribution in [0, 0.1) is 0 Å². The molecule has 0 bridgehead atoms. The third kappa shape index (κ3) is 6.51. The van der Waals surface area contributed by atoms with E-state index in [1.165, 1.54) is 11.3 Å². The molecule has 7 heteroatoms. The van der Waals surface area contributed by atoms with E-state index in [4.69, 9.17) is 4.42 Å². The number of hydrogen-bond donors (Lipinski definition) is 2. The van der Waals surface area contributed by atoms with Crippen LogP contribution in [-0.2, 0) is 18.5 Å². The van der Waals surface area contributed by atoms with Crippen molar-refractivity contribution in [2.24, 2.45) is 4.99 Å². The molecule has 1 heterocycles. The van der Waals surface area contributed by atoms with Gasteiger partial charge in [0.15, 0.2) is 5.96 Å². The van der Waals surface area contributed by atoms with Gasteiger partial charge in [-0.15, -0.1) is 24.0 Å². The first-order chi connectivity index (χ1) is 11.8. The zero-order valence-electron chi connectivity index (χ0n) is 16.5. The van der Waals surface area contributed by atoms with Crippen LogP contribution in [0.1, 0.15) is 38.0 Å². The molecule has 2 N–H and O–H groups in total. The van der Waals surface area contributed by atoms with Crippen molar-refractivity contribution in [3.63, 3.8) is 0 Å². The average Bonchev–Trinajstić information content (AvgIpc) is 3.04. The normalized spacial score (nSPS) is 11.7. The van der Waals surface area contributed by atoms with Crippen molar-refractivity contribution in [1.82, 2.24) is 15.6 Å². The Labute approximate surface area is 173 Å². The predicted molar refractivity (Wildman–Crippen MR) is 118 cm³/mol. The molecule has 0 atom stereocenters. The highest BCUT2D eigenvalue weighted by molar-refractivity contribution is 14.0. The molecule has 0 saturated carbocycles. The first-order valence-corrected chi connectivity index (χ1v) is 8.45. The fraction of sp³-hybridized carbons (Fsp3) is 0.474. The van der Waals surface area contributed by atoms with E-state index in [0.29, 0.717) is 24.9 Å². The van der Waals surface area contributed by atoms with Crippen LogP contribution in [0.15, 0.2) is 39.9 Å². The molecule has 0 spiro atoms. The van der Waals surface area contributed by atoms with Gasteiger partial charge in [0.1, 0.15) is 5.76 Å². The summed E-state index contributed by atoms with van der Waals surface area (Å²) in [4.78, 5) is 10.6. The van der Waals surface area contributed by atoms with Crippen LogP contribution in [0.3, 0.4) is 0 Å². The van der Waals surface area contributed by atoms with Crippen molar-refractivity contribution >= 4 is 35.6 Å². The highest BCUT2D eigenvalue weighted by atomic mass is 127. The highest BCUT2D eigenvalue weighted by Crippen LogP contribution is 2.22. The van der Waals surface area contributed by atoms with Crippen LogP contribution in [0.25, 0.3) is 0 Å². The quantitative estimate of drug-likeness (QED) is 0.397. The third-order valence-corrected chi connectivity index (χ3v) is 3.84. The van der Waals surface area contributed by atoms with E-state index in [2.05, 4.69) is 70.5 Å². The van der Waals surface area contributed by atoms with E-state index >= 15 is 0 Å². The summed E-state index contributed by atoms with van der Waals surface area (Å²) in [5.74, 6) is 2.25. The molecule has 0 fully saturated rings. The van der Waals surface area contributed by atoms with Crippen LogP contribution >= 0.6 is 24.0 Å². The Hall–Kier alpha value is -1.77. The smallest absolute Gasteiger partial charge is 0.213 e. The van der Waals surface area contributed by atoms with Crippen molar-refractivity contribution in [1.29, 1.82) is 0 Å². The fourth-order valence-corrected chi connectivity index (χ4v) is 2.22. The maximum Gasteiger partial charge on any atom is 0.213 e. The van der Waals surface area contributed by atoms with Gasteiger partial charge in [-0.2, -0.15) is 0 Å². The largest absolute Gasteiger partial charge is 0.443 e. The molecular weight excluding hydrogens is 441 g/mol. The number of hydrogen-bond acceptors (Lipinski definition) is 4. The van der Waals surface area contributed by atoms with Gasteiger partial charge in [0.25, 0.3) is 0 Å². The fourth-order valence-electron chi connectivity index (χ4n) is 2.22. The highest BCUT2D eigenvalue weighted by Gasteiger charge is 2.19. The lowest BCUT2D eigenvalue weighted by atomic mass is 9.94. The van der Waals surface area contributed by atoms with Crippen molar-refractivity contribution in [2.75, 3.05) is 26.0 Å². The number of anilines is 1. The second-order valence-electron chi connectivity index (χ2n) is 7.21. The van der Waals surface area contributed by atoms with Crippen molar-refractivity contribution in [3.05, 3.63) is 47.7 Å². The minimum atomic E-state index is -0.0378. The standard InChI is InChI=1S/C19H29N5O.HI/c1-19(2,3)16-12-21-17(25-16)13-23-18(20-4)22-11-14-7-9-15(10-8-14)24(5)6;/h7-10,12H,11,13H2,1-6H3,(H2,20,22,23);1H. The second kappa shape index (κ2) is 9.80. The topological polar surface area (TPSA) is 65.7 Å². The van der Waals surface area contributed by atoms with Crippen LogP contribution in [-0.4, -0.2) is 32.1 Å². The molecule has 0 aliphatic heterocycles. The van der Waals surface area contributed by atoms with Gasteiger partial charge in [-0.25, -0.2) is 4.98 Å². The summed E-state index contributed by atoms with van der Waals surface area (Å²) in [5.41, 5.74) is 2.34. The lowest BCUT2D eigenvalue weighted by Gasteiger charge is -2.14. The van der Waals surface area contributed by atoms with Crippen molar-refractivity contribution < 1.29 is 4.42 Å². The maximum absolute atomic E-state index is 5.78. The van der Waals surface area contributed by atoms with E-state index in [1.54, 1.807) is 13.2 Å². The van der Waals surface area contributed by atoms with Gasteiger partial charge in [-0.1, -0.05) is 32.9 Å². The van der Waals surface area contributed by atoms with E-state index in [0.717, 1.165) is 5.76 Å². The summed E-state index contributed by atoms with van der Waals surface area (Å²) in [6.07, 6.45) is 1.79. The van der Waals surface area contributed by atoms with Crippen LogP contribution in [0.2, 0.25) is 0 Å². The van der Waals surface area contributed by atoms with E-state index in [-0.39, 0.29) is 29.4 Å². The van der Waals surface area contributed by atoms with Crippen LogP contribution < -0.4 is 15.5 Å². The molecule has 0 saturated heterocycles. The van der Waals surface area contributed by atoms with Gasteiger partial charge >= 0.3 is 0 Å². The molecule has 6 nitrogen and oxygen atoms in total. The molecule has 144 valence electrons. The minimum absolute atomic E-state index is 0. The Balaban J connectivity index is 0.00000338. The Kier molecular flexibility index (Phi) is 8.39. The Bertz CT molecular complexity index is 701. The van der Waals surface area contributed by atoms with E-state index in [9.17, 15) is 0 Å². The number of oxazole rings is 1. The molecule has 0 aliphatic rings. The summed E-state index contributed by atoms with van der Waals surface area (Å²) in [6.45, 7) is 7.51. The lowest BCUT2D eigenvalue weighted by molar-refractivity contribution is 0.379. The third-order valence-electron chi connectivity index (χ3n) is 3.84. The Morgan fingerprint density at radius 1 is 1.12 bits per heavy atom. The zero-order valence-corrected chi connectivity index (χ0v) is 18.8. The molecule has 1 aromatic heterocycles. The summed E-state index contributed by atoms with van der Waals surface area (Å²) >= 11 is 0. The second-order valence-corrected chi connectivity index (χ2v) is 7.21. The van der Waals surface area contributed by atoms with Gasteiger partial charge in [0.05, 0.1) is 12.7 Å². The number of benzene rings is 1. The van der Waals surface area contributed by atoms with Gasteiger partial charge in [0, 0.05) is 38.8 Å². The maximum atomic E-state index is 5.78. The minimum Gasteiger partial charge on any atom is -0.443 e. The molecule has 2 rings (SSSR count). The first-order valence-electron chi connectivity index (χ1n) is 8.45. The SMILES string of the molecule is CN=C(NCc1ccc(N(C)C)cc1)NCc1ncc(C(C)(C)C)o1.I. The van der Waals surface area contributed by atoms with Crippen molar-refractivity contribution in [3.8, 4) is 0 Å². The van der Waals surface area contributed by atoms with Gasteiger partial charge < -0.3 is 20.0 Å². The van der Waals surface area contributed by atoms with E-state index < -0.39 is 0 Å². The molecule has 1 aromatic carbocycles. The van der Waals surface area contributed by atoms with Gasteiger partial charge in [-0.05, 0) is 17.7 Å². The van der Waals surface area contributed by atoms with Crippen molar-refractivity contribution in [2.45, 2.75) is 39.3 Å². The van der Waals surface area contributed by atoms with Gasteiger partial charge in [-0.3, -0.25) is 4.99 Å².